The molecule has 0 bridgehead atoms. The highest BCUT2D eigenvalue weighted by Crippen LogP contribution is 2.33. The van der Waals surface area contributed by atoms with Gasteiger partial charge in [0.2, 0.25) is 5.95 Å². The molecule has 9 heteroatoms. The number of nitrogens with zero attached hydrogens (tertiary/aromatic N) is 6. The second-order valence-electron chi connectivity index (χ2n) is 9.86. The summed E-state index contributed by atoms with van der Waals surface area (Å²) in [5, 5.41) is 3.58. The van der Waals surface area contributed by atoms with Gasteiger partial charge in [0, 0.05) is 74.5 Å². The van der Waals surface area contributed by atoms with Crippen LogP contribution in [-0.2, 0) is 17.7 Å². The Morgan fingerprint density at radius 2 is 1.83 bits per heavy atom. The van der Waals surface area contributed by atoms with Crippen molar-refractivity contribution in [2.75, 3.05) is 50.1 Å². The van der Waals surface area contributed by atoms with Crippen LogP contribution in [0.2, 0.25) is 0 Å². The molecule has 2 aromatic heterocycles. The van der Waals surface area contributed by atoms with Crippen LogP contribution in [0.4, 0.5) is 11.6 Å². The Morgan fingerprint density at radius 3 is 2.69 bits per heavy atom. The molecule has 3 aromatic rings. The van der Waals surface area contributed by atoms with Crippen LogP contribution in [0.25, 0.3) is 11.0 Å². The third-order valence-corrected chi connectivity index (χ3v) is 7.33. The zero-order valence-electron chi connectivity index (χ0n) is 20.3. The smallest absolute Gasteiger partial charge is 0.223 e. The van der Waals surface area contributed by atoms with Gasteiger partial charge in [0.25, 0.3) is 0 Å². The number of nitrogens with one attached hydrogen (secondary N) is 1. The fourth-order valence-corrected chi connectivity index (χ4v) is 5.34. The summed E-state index contributed by atoms with van der Waals surface area (Å²) in [7, 11) is 2.14. The lowest BCUT2D eigenvalue weighted by atomic mass is 9.93. The molecular weight excluding hydrogens is 442 g/mol. The summed E-state index contributed by atoms with van der Waals surface area (Å²) in [6, 6.07) is 4.61. The number of likely N-dealkylation sites (N-methyl/N-ethyl adjacent to an activating group) is 1. The van der Waals surface area contributed by atoms with E-state index in [1.54, 1.807) is 12.4 Å². The monoisotopic (exact) mass is 475 g/mol. The summed E-state index contributed by atoms with van der Waals surface area (Å²) in [5.74, 6) is 1.59. The molecule has 1 N–H and O–H groups in total. The number of fused-ring (bicyclic) bond motifs is 2. The van der Waals surface area contributed by atoms with Crippen molar-refractivity contribution in [3.63, 3.8) is 0 Å². The van der Waals surface area contributed by atoms with E-state index in [0.29, 0.717) is 6.04 Å². The van der Waals surface area contributed by atoms with Crippen molar-refractivity contribution in [3.8, 4) is 5.75 Å². The van der Waals surface area contributed by atoms with Gasteiger partial charge in [-0.05, 0) is 38.8 Å². The number of aromatic nitrogens is 4. The highest BCUT2D eigenvalue weighted by atomic mass is 16.5. The van der Waals surface area contributed by atoms with Crippen molar-refractivity contribution >= 4 is 22.7 Å². The highest BCUT2D eigenvalue weighted by molar-refractivity contribution is 5.85. The third-order valence-electron chi connectivity index (χ3n) is 7.33. The fourth-order valence-electron chi connectivity index (χ4n) is 5.34. The van der Waals surface area contributed by atoms with Gasteiger partial charge in [-0.1, -0.05) is 0 Å². The quantitative estimate of drug-likeness (QED) is 0.598. The Bertz CT molecular complexity index is 1180. The van der Waals surface area contributed by atoms with Crippen LogP contribution in [-0.4, -0.2) is 76.9 Å². The van der Waals surface area contributed by atoms with Crippen LogP contribution in [0, 0.1) is 0 Å². The van der Waals surface area contributed by atoms with Crippen LogP contribution in [0.3, 0.4) is 0 Å². The molecule has 0 radical (unpaired) electrons. The zero-order valence-corrected chi connectivity index (χ0v) is 20.3. The highest BCUT2D eigenvalue weighted by Gasteiger charge is 2.25. The predicted octanol–water partition coefficient (Wildman–Crippen LogP) is 3.05. The molecule has 2 fully saturated rings. The first-order chi connectivity index (χ1) is 17.2. The number of anilines is 2. The van der Waals surface area contributed by atoms with E-state index in [0.717, 1.165) is 99.9 Å². The molecule has 0 spiro atoms. The Balaban J connectivity index is 1.11. The van der Waals surface area contributed by atoms with Crippen LogP contribution >= 0.6 is 0 Å². The van der Waals surface area contributed by atoms with Crippen molar-refractivity contribution in [1.29, 1.82) is 0 Å². The summed E-state index contributed by atoms with van der Waals surface area (Å²) in [5.41, 5.74) is 5.26. The van der Waals surface area contributed by atoms with E-state index in [1.807, 2.05) is 6.20 Å². The number of benzene rings is 1. The van der Waals surface area contributed by atoms with E-state index in [2.05, 4.69) is 49.2 Å². The van der Waals surface area contributed by atoms with Gasteiger partial charge in [0.1, 0.15) is 11.3 Å². The van der Waals surface area contributed by atoms with Crippen molar-refractivity contribution < 1.29 is 9.47 Å². The van der Waals surface area contributed by atoms with Gasteiger partial charge >= 0.3 is 0 Å². The first-order valence-corrected chi connectivity index (χ1v) is 12.8. The minimum atomic E-state index is 0.165. The summed E-state index contributed by atoms with van der Waals surface area (Å²) >= 11 is 0. The van der Waals surface area contributed by atoms with Crippen molar-refractivity contribution in [2.24, 2.45) is 0 Å². The summed E-state index contributed by atoms with van der Waals surface area (Å²) < 4.78 is 12.1. The average Bonchev–Trinajstić information content (AvgIpc) is 2.90. The van der Waals surface area contributed by atoms with E-state index in [1.165, 1.54) is 11.3 Å². The fraction of sp³-hybridized carbons (Fsp3) is 0.538. The third kappa shape index (κ3) is 5.01. The minimum Gasteiger partial charge on any atom is -0.488 e. The number of hydrogen-bond acceptors (Lipinski definition) is 9. The molecule has 9 nitrogen and oxygen atoms in total. The summed E-state index contributed by atoms with van der Waals surface area (Å²) in [6.07, 6.45) is 10.6. The number of ether oxygens (including phenoxy) is 2. The Hall–Kier alpha value is -3.04. The molecule has 184 valence electrons. The van der Waals surface area contributed by atoms with Crippen molar-refractivity contribution in [1.82, 2.24) is 24.8 Å². The molecule has 0 atom stereocenters. The molecule has 0 amide bonds. The number of rotatable bonds is 5. The largest absolute Gasteiger partial charge is 0.488 e. The van der Waals surface area contributed by atoms with Gasteiger partial charge in [-0.2, -0.15) is 0 Å². The lowest BCUT2D eigenvalue weighted by Gasteiger charge is -2.31. The SMILES string of the molecule is CN1CCc2nc(N[C@H]3CC[C@@H](Oc4cc(N5CCOCC5)cc5nccnc45)CC3)ncc2C1. The first kappa shape index (κ1) is 22.4. The molecule has 6 rings (SSSR count). The lowest BCUT2D eigenvalue weighted by Crippen LogP contribution is -2.36. The Morgan fingerprint density at radius 1 is 1.00 bits per heavy atom. The normalized spacial score (nSPS) is 23.2. The predicted molar refractivity (Wildman–Crippen MR) is 135 cm³/mol. The van der Waals surface area contributed by atoms with E-state index in [4.69, 9.17) is 14.5 Å². The van der Waals surface area contributed by atoms with E-state index >= 15 is 0 Å². The topological polar surface area (TPSA) is 88.5 Å². The molecule has 35 heavy (non-hydrogen) atoms. The van der Waals surface area contributed by atoms with Crippen LogP contribution in [0.15, 0.2) is 30.7 Å². The average molecular weight is 476 g/mol. The lowest BCUT2D eigenvalue weighted by molar-refractivity contribution is 0.122. The summed E-state index contributed by atoms with van der Waals surface area (Å²) in [4.78, 5) is 23.2. The minimum absolute atomic E-state index is 0.165. The molecule has 2 aliphatic heterocycles. The maximum atomic E-state index is 6.56. The van der Waals surface area contributed by atoms with Gasteiger partial charge in [-0.25, -0.2) is 15.0 Å². The van der Waals surface area contributed by atoms with Crippen LogP contribution in [0.1, 0.15) is 36.9 Å². The van der Waals surface area contributed by atoms with Gasteiger partial charge in [0.15, 0.2) is 0 Å². The molecular formula is C26H33N7O2. The second-order valence-corrected chi connectivity index (χ2v) is 9.86. The number of morpholine rings is 1. The van der Waals surface area contributed by atoms with E-state index < -0.39 is 0 Å². The molecule has 0 unspecified atom stereocenters. The van der Waals surface area contributed by atoms with Gasteiger partial charge < -0.3 is 24.6 Å². The molecule has 1 aromatic carbocycles. The zero-order chi connectivity index (χ0) is 23.6. The molecule has 3 aliphatic rings. The molecule has 1 saturated carbocycles. The first-order valence-electron chi connectivity index (χ1n) is 12.8. The van der Waals surface area contributed by atoms with Gasteiger partial charge in [0.05, 0.1) is 30.5 Å². The molecule has 1 saturated heterocycles. The van der Waals surface area contributed by atoms with Gasteiger partial charge in [-0.15, -0.1) is 0 Å². The van der Waals surface area contributed by atoms with Crippen molar-refractivity contribution in [3.05, 3.63) is 42.0 Å². The van der Waals surface area contributed by atoms with E-state index in [-0.39, 0.29) is 6.10 Å². The standard InChI is InChI=1S/C26H33N7O2/c1-32-9-6-22-18(17-32)16-29-26(31-22)30-19-2-4-21(5-3-19)35-24-15-20(33-10-12-34-13-11-33)14-23-25(24)28-8-7-27-23/h7-8,14-16,19,21H,2-6,9-13,17H2,1H3,(H,29,30,31)/t19-,21+. The van der Waals surface area contributed by atoms with Crippen molar-refractivity contribution in [2.45, 2.75) is 50.8 Å². The Labute approximate surface area is 205 Å². The van der Waals surface area contributed by atoms with Gasteiger partial charge in [-0.3, -0.25) is 4.98 Å². The maximum Gasteiger partial charge on any atom is 0.223 e. The van der Waals surface area contributed by atoms with Crippen LogP contribution in [0.5, 0.6) is 5.75 Å². The van der Waals surface area contributed by atoms with Crippen LogP contribution < -0.4 is 15.0 Å². The second kappa shape index (κ2) is 9.91. The van der Waals surface area contributed by atoms with E-state index in [9.17, 15) is 0 Å². The maximum absolute atomic E-state index is 6.56. The molecule has 4 heterocycles. The molecule has 1 aliphatic carbocycles. The Kier molecular flexibility index (Phi) is 6.35. The summed E-state index contributed by atoms with van der Waals surface area (Å²) in [6.45, 7) is 5.24. The number of hydrogen-bond donors (Lipinski definition) is 1.